The van der Waals surface area contributed by atoms with E-state index < -0.39 is 10.0 Å². The van der Waals surface area contributed by atoms with Crippen molar-refractivity contribution in [1.29, 1.82) is 0 Å². The van der Waals surface area contributed by atoms with Crippen molar-refractivity contribution in [2.24, 2.45) is 13.0 Å². The molecule has 0 amide bonds. The molecule has 0 radical (unpaired) electrons. The first-order valence-electron chi connectivity index (χ1n) is 15.1. The fraction of sp³-hybridized carbons (Fsp3) is 0.600. The Hall–Kier alpha value is -3.00. The number of fused-ring (bicyclic) bond motifs is 1. The van der Waals surface area contributed by atoms with Gasteiger partial charge in [-0.15, -0.1) is 12.4 Å². The van der Waals surface area contributed by atoms with Crippen LogP contribution in [0.3, 0.4) is 0 Å². The van der Waals surface area contributed by atoms with Crippen LogP contribution in [0.25, 0.3) is 22.4 Å². The number of aromatic amines is 1. The molecule has 3 heterocycles. The summed E-state index contributed by atoms with van der Waals surface area (Å²) in [6.07, 6.45) is 4.61. The topological polar surface area (TPSA) is 140 Å². The number of nitrogens with one attached hydrogen (secondary N) is 1. The lowest BCUT2D eigenvalue weighted by atomic mass is 9.93. The zero-order chi connectivity index (χ0) is 31.1. The highest BCUT2D eigenvalue weighted by Gasteiger charge is 2.31. The molecule has 0 atom stereocenters. The minimum atomic E-state index is -3.82. The van der Waals surface area contributed by atoms with Crippen molar-refractivity contribution < 1.29 is 22.7 Å². The van der Waals surface area contributed by atoms with E-state index in [1.807, 2.05) is 32.8 Å². The van der Waals surface area contributed by atoms with Gasteiger partial charge < -0.3 is 19.4 Å². The van der Waals surface area contributed by atoms with Crippen LogP contribution < -0.4 is 10.3 Å². The Labute approximate surface area is 265 Å². The predicted molar refractivity (Wildman–Crippen MR) is 172 cm³/mol. The average Bonchev–Trinajstić information content (AvgIpc) is 3.30. The van der Waals surface area contributed by atoms with E-state index in [1.54, 1.807) is 19.2 Å². The number of piperidine rings is 1. The monoisotopic (exact) mass is 652 g/mol. The number of likely N-dealkylation sites (N-methyl/N-ethyl adjacent to an activating group) is 1. The summed E-state index contributed by atoms with van der Waals surface area (Å²) in [6, 6.07) is 4.71. The Kier molecular flexibility index (Phi) is 12.8. The molecule has 14 heteroatoms. The summed E-state index contributed by atoms with van der Waals surface area (Å²) in [5.41, 5.74) is 1.65. The number of aryl methyl sites for hydroxylation is 2. The quantitative estimate of drug-likeness (QED) is 0.258. The number of nitrogens with zero attached hydrogens (tertiary/aromatic N) is 5. The van der Waals surface area contributed by atoms with Gasteiger partial charge in [0.25, 0.3) is 5.56 Å². The average molecular weight is 653 g/mol. The molecule has 44 heavy (non-hydrogen) atoms. The number of rotatable bonds is 14. The molecular weight excluding hydrogens is 608 g/mol. The van der Waals surface area contributed by atoms with Crippen LogP contribution in [0.4, 0.5) is 0 Å². The predicted octanol–water partition coefficient (Wildman–Crippen LogP) is 3.77. The molecule has 0 saturated carbocycles. The Morgan fingerprint density at radius 1 is 1.14 bits per heavy atom. The number of esters is 1. The van der Waals surface area contributed by atoms with Gasteiger partial charge in [0.1, 0.15) is 23.7 Å². The van der Waals surface area contributed by atoms with Crippen molar-refractivity contribution in [2.45, 2.75) is 63.7 Å². The van der Waals surface area contributed by atoms with Crippen LogP contribution in [0.5, 0.6) is 5.75 Å². The molecule has 4 rings (SSSR count). The maximum atomic E-state index is 13.8. The van der Waals surface area contributed by atoms with E-state index in [-0.39, 0.29) is 40.6 Å². The fourth-order valence-corrected chi connectivity index (χ4v) is 6.79. The van der Waals surface area contributed by atoms with Gasteiger partial charge in [0.2, 0.25) is 10.0 Å². The zero-order valence-electron chi connectivity index (χ0n) is 26.3. The lowest BCUT2D eigenvalue weighted by Gasteiger charge is -2.31. The summed E-state index contributed by atoms with van der Waals surface area (Å²) in [7, 11) is 1.73. The maximum Gasteiger partial charge on any atom is 0.305 e. The van der Waals surface area contributed by atoms with Gasteiger partial charge in [-0.1, -0.05) is 20.3 Å². The van der Waals surface area contributed by atoms with Crippen LogP contribution in [0.2, 0.25) is 0 Å². The van der Waals surface area contributed by atoms with E-state index in [2.05, 4.69) is 10.1 Å². The largest absolute Gasteiger partial charge is 0.493 e. The number of carbonyl (C=O) groups excluding carboxylic acids is 1. The van der Waals surface area contributed by atoms with Crippen molar-refractivity contribution >= 4 is 39.4 Å². The van der Waals surface area contributed by atoms with Gasteiger partial charge in [0, 0.05) is 33.1 Å². The first kappa shape index (κ1) is 35.5. The maximum absolute atomic E-state index is 13.8. The molecule has 1 aliphatic heterocycles. The van der Waals surface area contributed by atoms with Gasteiger partial charge >= 0.3 is 5.97 Å². The van der Waals surface area contributed by atoms with Gasteiger partial charge in [0.05, 0.1) is 22.8 Å². The molecule has 1 saturated heterocycles. The van der Waals surface area contributed by atoms with E-state index >= 15 is 0 Å². The summed E-state index contributed by atoms with van der Waals surface area (Å²) in [6.45, 7) is 6.22. The van der Waals surface area contributed by atoms with Crippen molar-refractivity contribution in [3.63, 3.8) is 0 Å². The van der Waals surface area contributed by atoms with Crippen LogP contribution in [0, 0.1) is 5.92 Å². The minimum Gasteiger partial charge on any atom is -0.493 e. The molecule has 2 aromatic heterocycles. The summed E-state index contributed by atoms with van der Waals surface area (Å²) in [5, 5.41) is 4.49. The normalized spacial score (nSPS) is 14.6. The number of H-pyrrole nitrogens is 1. The van der Waals surface area contributed by atoms with E-state index in [9.17, 15) is 18.0 Å². The Bertz CT molecular complexity index is 1580. The first-order chi connectivity index (χ1) is 20.5. The summed E-state index contributed by atoms with van der Waals surface area (Å²) >= 11 is 0. The summed E-state index contributed by atoms with van der Waals surface area (Å²) < 4.78 is 41.8. The van der Waals surface area contributed by atoms with Gasteiger partial charge in [0.15, 0.2) is 5.52 Å². The molecule has 0 spiro atoms. The van der Waals surface area contributed by atoms with Gasteiger partial charge in [-0.2, -0.15) is 9.40 Å². The van der Waals surface area contributed by atoms with E-state index in [0.717, 1.165) is 18.5 Å². The minimum absolute atomic E-state index is 0. The SMILES string of the molecule is CCCOc1ccc(S(=O)(=O)N2CCC(CCC(=O)OCCN(C)C)CC2)cc1-c1nc2c(CCC)nn(C)c2c(=O)[nH]1.Cl. The Morgan fingerprint density at radius 2 is 1.86 bits per heavy atom. The molecule has 1 aromatic carbocycles. The number of carbonyl (C=O) groups is 1. The van der Waals surface area contributed by atoms with Crippen LogP contribution in [-0.4, -0.2) is 90.3 Å². The van der Waals surface area contributed by atoms with Crippen LogP contribution in [-0.2, 0) is 33.0 Å². The van der Waals surface area contributed by atoms with E-state index in [1.165, 1.54) is 15.1 Å². The molecule has 1 N–H and O–H groups in total. The van der Waals surface area contributed by atoms with Crippen molar-refractivity contribution in [3.8, 4) is 17.1 Å². The van der Waals surface area contributed by atoms with Gasteiger partial charge in [-0.25, -0.2) is 13.4 Å². The first-order valence-corrected chi connectivity index (χ1v) is 16.5. The standard InChI is InChI=1S/C30H44N6O6S.ClH/c1-6-8-24-27-28(35(5)33-24)30(38)32-29(31-27)23-20-22(10-11-25(23)41-18-7-2)43(39,40)36-15-13-21(14-16-36)9-12-26(37)42-19-17-34(3)4;/h10-11,20-21H,6-9,12-19H2,1-5H3,(H,31,32,38);1H. The van der Waals surface area contributed by atoms with Crippen molar-refractivity contribution in [1.82, 2.24) is 29.0 Å². The second-order valence-electron chi connectivity index (χ2n) is 11.3. The van der Waals surface area contributed by atoms with Gasteiger partial charge in [-0.3, -0.25) is 14.3 Å². The number of halogens is 1. The molecule has 1 aliphatic rings. The van der Waals surface area contributed by atoms with Crippen molar-refractivity contribution in [3.05, 3.63) is 34.2 Å². The highest BCUT2D eigenvalue weighted by Crippen LogP contribution is 2.33. The second kappa shape index (κ2) is 15.8. The Morgan fingerprint density at radius 3 is 2.52 bits per heavy atom. The third-order valence-electron chi connectivity index (χ3n) is 7.69. The number of aromatic nitrogens is 4. The molecular formula is C30H45ClN6O6S. The second-order valence-corrected chi connectivity index (χ2v) is 13.3. The van der Waals surface area contributed by atoms with Gasteiger partial charge in [-0.05, 0) is 70.3 Å². The smallest absolute Gasteiger partial charge is 0.305 e. The zero-order valence-corrected chi connectivity index (χ0v) is 27.9. The van der Waals surface area contributed by atoms with Crippen molar-refractivity contribution in [2.75, 3.05) is 46.9 Å². The fourth-order valence-electron chi connectivity index (χ4n) is 5.30. The van der Waals surface area contributed by atoms with Crippen LogP contribution >= 0.6 is 12.4 Å². The number of hydrogen-bond acceptors (Lipinski definition) is 9. The third kappa shape index (κ3) is 8.38. The lowest BCUT2D eigenvalue weighted by molar-refractivity contribution is -0.144. The molecule has 3 aromatic rings. The van der Waals surface area contributed by atoms with Crippen LogP contribution in [0.1, 0.15) is 58.1 Å². The van der Waals surface area contributed by atoms with E-state index in [0.29, 0.717) is 87.3 Å². The third-order valence-corrected chi connectivity index (χ3v) is 9.58. The van der Waals surface area contributed by atoms with E-state index in [4.69, 9.17) is 14.5 Å². The summed E-state index contributed by atoms with van der Waals surface area (Å²) in [5.74, 6) is 0.723. The highest BCUT2D eigenvalue weighted by atomic mass is 35.5. The molecule has 0 aliphatic carbocycles. The number of benzene rings is 1. The molecule has 0 bridgehead atoms. The highest BCUT2D eigenvalue weighted by molar-refractivity contribution is 7.89. The molecule has 244 valence electrons. The molecule has 1 fully saturated rings. The molecule has 12 nitrogen and oxygen atoms in total. The van der Waals surface area contributed by atoms with Crippen LogP contribution in [0.15, 0.2) is 27.9 Å². The number of ether oxygens (including phenoxy) is 2. The Balaban J connectivity index is 0.00000529. The molecule has 0 unspecified atom stereocenters. The summed E-state index contributed by atoms with van der Waals surface area (Å²) in [4.78, 5) is 34.8. The lowest BCUT2D eigenvalue weighted by Crippen LogP contribution is -2.38. The number of hydrogen-bond donors (Lipinski definition) is 1. The number of sulfonamides is 1.